The van der Waals surface area contributed by atoms with Gasteiger partial charge in [-0.05, 0) is 23.8 Å². The Morgan fingerprint density at radius 3 is 2.61 bits per heavy atom. The van der Waals surface area contributed by atoms with Crippen LogP contribution in [0.15, 0.2) is 59.0 Å². The predicted octanol–water partition coefficient (Wildman–Crippen LogP) is 3.08. The Balaban J connectivity index is 1.61. The summed E-state index contributed by atoms with van der Waals surface area (Å²) in [6.45, 7) is 2.61. The highest BCUT2D eigenvalue weighted by molar-refractivity contribution is 6.30. The van der Waals surface area contributed by atoms with Crippen LogP contribution >= 0.6 is 11.6 Å². The average Bonchev–Trinajstić information content (AvgIpc) is 3.23. The van der Waals surface area contributed by atoms with Crippen LogP contribution in [0.25, 0.3) is 0 Å². The Morgan fingerprint density at radius 1 is 1.07 bits per heavy atom. The molecule has 1 aliphatic rings. The molecule has 1 saturated heterocycles. The number of nitrogens with zero attached hydrogens (tertiary/aromatic N) is 3. The first kappa shape index (κ1) is 18.5. The summed E-state index contributed by atoms with van der Waals surface area (Å²) in [6, 6.07) is 16.1. The molecule has 0 spiro atoms. The maximum Gasteiger partial charge on any atom is 0.318 e. The van der Waals surface area contributed by atoms with Gasteiger partial charge >= 0.3 is 6.01 Å². The van der Waals surface area contributed by atoms with Crippen molar-refractivity contribution >= 4 is 23.5 Å². The molecule has 3 aromatic rings. The molecule has 144 valence electrons. The minimum absolute atomic E-state index is 0.275. The molecule has 1 aliphatic heterocycles. The van der Waals surface area contributed by atoms with Gasteiger partial charge in [0, 0.05) is 23.7 Å². The maximum atomic E-state index is 12.8. The zero-order valence-electron chi connectivity index (χ0n) is 15.0. The zero-order valence-corrected chi connectivity index (χ0v) is 15.8. The van der Waals surface area contributed by atoms with Gasteiger partial charge in [-0.3, -0.25) is 4.79 Å². The van der Waals surface area contributed by atoms with Gasteiger partial charge in [0.2, 0.25) is 5.89 Å². The number of anilines is 1. The van der Waals surface area contributed by atoms with Crippen molar-refractivity contribution in [2.45, 2.75) is 6.04 Å². The molecule has 1 atom stereocenters. The Labute approximate surface area is 167 Å². The van der Waals surface area contributed by atoms with E-state index < -0.39 is 6.04 Å². The van der Waals surface area contributed by atoms with E-state index in [0.717, 1.165) is 5.56 Å². The van der Waals surface area contributed by atoms with Gasteiger partial charge in [-0.25, -0.2) is 0 Å². The van der Waals surface area contributed by atoms with E-state index in [1.165, 1.54) is 0 Å². The van der Waals surface area contributed by atoms with Crippen LogP contribution in [0, 0.1) is 0 Å². The standard InChI is InChI=1S/C20H19ClN4O3/c21-16-8-4-7-15(13-16)18(26)22-17(14-5-2-1-3-6-14)19-23-24-20(28-19)25-9-11-27-12-10-25/h1-8,13,17H,9-12H2,(H,22,26)/t17-/m1/s1. The van der Waals surface area contributed by atoms with E-state index in [-0.39, 0.29) is 5.91 Å². The Hall–Kier alpha value is -2.90. The number of morpholine rings is 1. The molecular weight excluding hydrogens is 380 g/mol. The third-order valence-corrected chi connectivity index (χ3v) is 4.69. The van der Waals surface area contributed by atoms with E-state index >= 15 is 0 Å². The van der Waals surface area contributed by atoms with Gasteiger partial charge in [-0.1, -0.05) is 53.1 Å². The van der Waals surface area contributed by atoms with Crippen LogP contribution in [0.3, 0.4) is 0 Å². The number of hydrogen-bond donors (Lipinski definition) is 1. The fourth-order valence-electron chi connectivity index (χ4n) is 3.00. The molecule has 1 amide bonds. The first-order chi connectivity index (χ1) is 13.7. The summed E-state index contributed by atoms with van der Waals surface area (Å²) in [5.74, 6) is 0.0468. The number of rotatable bonds is 5. The molecule has 1 aromatic heterocycles. The average molecular weight is 399 g/mol. The number of carbonyl (C=O) groups excluding carboxylic acids is 1. The second-order valence-corrected chi connectivity index (χ2v) is 6.79. The molecule has 1 N–H and O–H groups in total. The molecule has 0 saturated carbocycles. The molecule has 0 radical (unpaired) electrons. The van der Waals surface area contributed by atoms with Crippen molar-refractivity contribution in [1.82, 2.24) is 15.5 Å². The summed E-state index contributed by atoms with van der Waals surface area (Å²) in [6.07, 6.45) is 0. The van der Waals surface area contributed by atoms with E-state index in [4.69, 9.17) is 20.8 Å². The normalized spacial score (nSPS) is 15.2. The van der Waals surface area contributed by atoms with Gasteiger partial charge in [0.15, 0.2) is 0 Å². The molecule has 0 bridgehead atoms. The van der Waals surface area contributed by atoms with Crippen LogP contribution in [-0.2, 0) is 4.74 Å². The van der Waals surface area contributed by atoms with E-state index in [1.54, 1.807) is 24.3 Å². The van der Waals surface area contributed by atoms with Crippen molar-refractivity contribution < 1.29 is 13.9 Å². The van der Waals surface area contributed by atoms with Crippen molar-refractivity contribution in [2.75, 3.05) is 31.2 Å². The lowest BCUT2D eigenvalue weighted by Gasteiger charge is -2.24. The van der Waals surface area contributed by atoms with Gasteiger partial charge < -0.3 is 19.4 Å². The van der Waals surface area contributed by atoms with Crippen molar-refractivity contribution in [3.63, 3.8) is 0 Å². The Morgan fingerprint density at radius 2 is 1.86 bits per heavy atom. The minimum Gasteiger partial charge on any atom is -0.405 e. The summed E-state index contributed by atoms with van der Waals surface area (Å²) >= 11 is 6.01. The Kier molecular flexibility index (Phi) is 5.55. The number of hydrogen-bond acceptors (Lipinski definition) is 6. The zero-order chi connectivity index (χ0) is 19.3. The van der Waals surface area contributed by atoms with Gasteiger partial charge in [0.25, 0.3) is 5.91 Å². The smallest absolute Gasteiger partial charge is 0.318 e. The van der Waals surface area contributed by atoms with E-state index in [1.807, 2.05) is 35.2 Å². The summed E-state index contributed by atoms with van der Waals surface area (Å²) in [4.78, 5) is 14.7. The van der Waals surface area contributed by atoms with Crippen LogP contribution in [0.1, 0.15) is 27.9 Å². The molecule has 0 unspecified atom stereocenters. The first-order valence-corrected chi connectivity index (χ1v) is 9.36. The second kappa shape index (κ2) is 8.41. The summed E-state index contributed by atoms with van der Waals surface area (Å²) < 4.78 is 11.3. The molecule has 0 aliphatic carbocycles. The van der Waals surface area contributed by atoms with Crippen LogP contribution in [0.2, 0.25) is 5.02 Å². The highest BCUT2D eigenvalue weighted by atomic mass is 35.5. The predicted molar refractivity (Wildman–Crippen MR) is 105 cm³/mol. The molecule has 28 heavy (non-hydrogen) atoms. The number of benzene rings is 2. The van der Waals surface area contributed by atoms with Crippen LogP contribution in [0.5, 0.6) is 0 Å². The highest BCUT2D eigenvalue weighted by Crippen LogP contribution is 2.25. The summed E-state index contributed by atoms with van der Waals surface area (Å²) in [5, 5.41) is 11.8. The summed E-state index contributed by atoms with van der Waals surface area (Å²) in [5.41, 5.74) is 1.30. The molecule has 2 heterocycles. The van der Waals surface area contributed by atoms with Crippen molar-refractivity contribution in [3.8, 4) is 0 Å². The van der Waals surface area contributed by atoms with Gasteiger partial charge in [0.1, 0.15) is 6.04 Å². The quantitative estimate of drug-likeness (QED) is 0.711. The minimum atomic E-state index is -0.574. The second-order valence-electron chi connectivity index (χ2n) is 6.35. The monoisotopic (exact) mass is 398 g/mol. The fraction of sp³-hybridized carbons (Fsp3) is 0.250. The van der Waals surface area contributed by atoms with Crippen LogP contribution in [-0.4, -0.2) is 42.4 Å². The van der Waals surface area contributed by atoms with Crippen molar-refractivity contribution in [2.24, 2.45) is 0 Å². The van der Waals surface area contributed by atoms with Gasteiger partial charge in [0.05, 0.1) is 13.2 Å². The largest absolute Gasteiger partial charge is 0.405 e. The van der Waals surface area contributed by atoms with Gasteiger partial charge in [-0.2, -0.15) is 0 Å². The molecule has 8 heteroatoms. The Bertz CT molecular complexity index is 941. The molecular formula is C20H19ClN4O3. The lowest BCUT2D eigenvalue weighted by Crippen LogP contribution is -2.36. The van der Waals surface area contributed by atoms with Crippen molar-refractivity contribution in [3.05, 3.63) is 76.6 Å². The third kappa shape index (κ3) is 4.16. The molecule has 7 nitrogen and oxygen atoms in total. The maximum absolute atomic E-state index is 12.8. The van der Waals surface area contributed by atoms with Crippen LogP contribution < -0.4 is 10.2 Å². The number of nitrogens with one attached hydrogen (secondary N) is 1. The lowest BCUT2D eigenvalue weighted by molar-refractivity contribution is 0.0937. The topological polar surface area (TPSA) is 80.5 Å². The molecule has 4 rings (SSSR count). The van der Waals surface area contributed by atoms with E-state index in [2.05, 4.69) is 15.5 Å². The van der Waals surface area contributed by atoms with E-state index in [0.29, 0.717) is 48.8 Å². The number of ether oxygens (including phenoxy) is 1. The van der Waals surface area contributed by atoms with Gasteiger partial charge in [-0.15, -0.1) is 5.10 Å². The number of aromatic nitrogens is 2. The number of halogens is 1. The molecule has 2 aromatic carbocycles. The van der Waals surface area contributed by atoms with Crippen LogP contribution in [0.4, 0.5) is 6.01 Å². The molecule has 1 fully saturated rings. The number of carbonyl (C=O) groups is 1. The van der Waals surface area contributed by atoms with E-state index in [9.17, 15) is 4.79 Å². The SMILES string of the molecule is O=C(N[C@H](c1ccccc1)c1nnc(N2CCOCC2)o1)c1cccc(Cl)c1. The third-order valence-electron chi connectivity index (χ3n) is 4.45. The lowest BCUT2D eigenvalue weighted by atomic mass is 10.1. The summed E-state index contributed by atoms with van der Waals surface area (Å²) in [7, 11) is 0. The number of amides is 1. The fourth-order valence-corrected chi connectivity index (χ4v) is 3.19. The first-order valence-electron chi connectivity index (χ1n) is 8.98. The van der Waals surface area contributed by atoms with Crippen molar-refractivity contribution in [1.29, 1.82) is 0 Å². The highest BCUT2D eigenvalue weighted by Gasteiger charge is 2.25.